The predicted octanol–water partition coefficient (Wildman–Crippen LogP) is 7.38. The van der Waals surface area contributed by atoms with Gasteiger partial charge in [0.2, 0.25) is 23.6 Å². The van der Waals surface area contributed by atoms with Gasteiger partial charge in [0, 0.05) is 59.6 Å². The number of amides is 5. The van der Waals surface area contributed by atoms with Crippen LogP contribution in [-0.4, -0.2) is 170 Å². The number of alkyl carbamates (subject to hydrolysis) is 1. The molecule has 4 rings (SSSR count). The molecule has 0 bridgehead atoms. The van der Waals surface area contributed by atoms with Crippen molar-refractivity contribution in [3.05, 3.63) is 84.1 Å². The normalized spacial score (nSPS) is 19.9. The zero-order chi connectivity index (χ0) is 56.6. The number of nitrogens with zero attached hydrogens (tertiary/aromatic N) is 4. The second-order valence-electron chi connectivity index (χ2n) is 22.2. The van der Waals surface area contributed by atoms with Crippen LogP contribution in [0.4, 0.5) is 4.79 Å². The molecule has 17 nitrogen and oxygen atoms in total. The summed E-state index contributed by atoms with van der Waals surface area (Å²) in [4.78, 5) is 89.5. The highest BCUT2D eigenvalue weighted by molar-refractivity contribution is 5.90. The summed E-state index contributed by atoms with van der Waals surface area (Å²) in [5.41, 5.74) is 1.98. The maximum atomic E-state index is 14.7. The van der Waals surface area contributed by atoms with Gasteiger partial charge in [0.25, 0.3) is 0 Å². The number of carboxylic acid groups (broad SMARTS) is 1. The first-order chi connectivity index (χ1) is 36.8. The summed E-state index contributed by atoms with van der Waals surface area (Å²) in [6, 6.07) is 5.67. The SMILES string of the molecule is CC[C@H](C)[C@@H]([C@@H](CC(=O)N1CCC[C@H]1[C@H](OC)[C@@H](C)C(=O)N[C@@H](Cc1ccccc1)C(=O)O)OC)N(C)C(=O)[C@@H](NC(=O)[C@H](C(C)C)N(C)CCCCCCNC(=O)OCC1CCN(C2=C/C=C\C=C/C=C2)CC1)C(C)C. The van der Waals surface area contributed by atoms with Gasteiger partial charge in [0.15, 0.2) is 0 Å². The molecular formula is C60H95N7O10. The van der Waals surface area contributed by atoms with Gasteiger partial charge in [0.1, 0.15) is 12.1 Å². The summed E-state index contributed by atoms with van der Waals surface area (Å²) in [5, 5.41) is 18.7. The standard InChI is InChI=1S/C60H95N7O10/c1-12-43(6)54(50(75-10)39-51(68)67-35-25-30-49(67)55(76-11)44(7)56(69)62-48(59(72)73)38-45-26-19-18-20-27-45)65(9)58(71)52(41(2)3)63-57(70)53(42(4)5)64(8)34-24-17-16-23-33-61-60(74)77-40-46-31-36-66(37-32-46)47-28-21-14-13-15-22-29-47/h13-15,18-22,26-29,41-44,46,48-50,52-55H,12,16-17,23-25,30-40H2,1-11H3,(H,61,74)(H,62,69)(H,63,70)(H,72,73)/b14-13-,15-13?,21-14?,22-15-,28-21?,29-22?,47-28?,47-29?/t43-,44+,48-,49-,50+,52-,53-,54-,55+/m0/s1. The maximum absolute atomic E-state index is 14.7. The quantitative estimate of drug-likeness (QED) is 0.0539. The number of aliphatic carboxylic acids is 1. The summed E-state index contributed by atoms with van der Waals surface area (Å²) in [6.07, 6.45) is 20.2. The molecule has 1 aliphatic carbocycles. The summed E-state index contributed by atoms with van der Waals surface area (Å²) < 4.78 is 17.6. The van der Waals surface area contributed by atoms with E-state index in [1.165, 1.54) is 12.8 Å². The van der Waals surface area contributed by atoms with Gasteiger partial charge >= 0.3 is 12.1 Å². The number of allylic oxidation sites excluding steroid dienone is 7. The van der Waals surface area contributed by atoms with Crippen molar-refractivity contribution in [3.63, 3.8) is 0 Å². The van der Waals surface area contributed by atoms with Gasteiger partial charge in [-0.15, -0.1) is 0 Å². The van der Waals surface area contributed by atoms with E-state index in [0.717, 1.165) is 57.2 Å². The average Bonchev–Trinajstić information content (AvgIpc) is 3.89. The van der Waals surface area contributed by atoms with Gasteiger partial charge in [-0.1, -0.05) is 128 Å². The van der Waals surface area contributed by atoms with Crippen molar-refractivity contribution >= 4 is 35.7 Å². The van der Waals surface area contributed by atoms with Crippen molar-refractivity contribution in [2.75, 3.05) is 67.6 Å². The predicted molar refractivity (Wildman–Crippen MR) is 301 cm³/mol. The van der Waals surface area contributed by atoms with E-state index < -0.39 is 60.2 Å². The Hall–Kier alpha value is -5.52. The topological polar surface area (TPSA) is 199 Å². The number of nitrogens with one attached hydrogen (secondary N) is 3. The van der Waals surface area contributed by atoms with E-state index in [1.54, 1.807) is 30.9 Å². The molecule has 9 atom stereocenters. The van der Waals surface area contributed by atoms with E-state index >= 15 is 0 Å². The van der Waals surface area contributed by atoms with Crippen LogP contribution in [-0.2, 0) is 44.6 Å². The summed E-state index contributed by atoms with van der Waals surface area (Å²) in [6.45, 7) is 17.5. The monoisotopic (exact) mass is 1070 g/mol. The highest BCUT2D eigenvalue weighted by atomic mass is 16.5. The minimum atomic E-state index is -1.15. The zero-order valence-electron chi connectivity index (χ0n) is 48.3. The fourth-order valence-electron chi connectivity index (χ4n) is 11.2. The third-order valence-electron chi connectivity index (χ3n) is 15.9. The van der Waals surface area contributed by atoms with Gasteiger partial charge in [-0.2, -0.15) is 0 Å². The van der Waals surface area contributed by atoms with Crippen LogP contribution in [0.15, 0.2) is 78.6 Å². The maximum Gasteiger partial charge on any atom is 0.407 e. The number of likely N-dealkylation sites (tertiary alicyclic amines) is 2. The summed E-state index contributed by atoms with van der Waals surface area (Å²) >= 11 is 0. The largest absolute Gasteiger partial charge is 0.480 e. The van der Waals surface area contributed by atoms with Crippen molar-refractivity contribution in [1.29, 1.82) is 0 Å². The van der Waals surface area contributed by atoms with Gasteiger partial charge in [-0.25, -0.2) is 9.59 Å². The number of carboxylic acids is 1. The molecule has 0 radical (unpaired) electrons. The first-order valence-electron chi connectivity index (χ1n) is 28.4. The molecule has 0 saturated carbocycles. The van der Waals surface area contributed by atoms with Crippen molar-refractivity contribution in [3.8, 4) is 0 Å². The molecule has 3 aliphatic rings. The van der Waals surface area contributed by atoms with Gasteiger partial charge in [-0.3, -0.25) is 24.1 Å². The number of unbranched alkanes of at least 4 members (excludes halogenated alkanes) is 3. The fourth-order valence-corrected chi connectivity index (χ4v) is 11.2. The number of ether oxygens (including phenoxy) is 3. The van der Waals surface area contributed by atoms with E-state index in [0.29, 0.717) is 51.4 Å². The first-order valence-corrected chi connectivity index (χ1v) is 28.4. The number of carbonyl (C=O) groups excluding carboxylic acids is 5. The molecule has 2 heterocycles. The number of carbonyl (C=O) groups is 6. The van der Waals surface area contributed by atoms with Gasteiger partial charge in [0.05, 0.1) is 49.3 Å². The molecule has 1 aromatic carbocycles. The lowest BCUT2D eigenvalue weighted by Crippen LogP contribution is -2.60. The van der Waals surface area contributed by atoms with Crippen LogP contribution in [0.1, 0.15) is 118 Å². The van der Waals surface area contributed by atoms with Crippen LogP contribution >= 0.6 is 0 Å². The van der Waals surface area contributed by atoms with Crippen LogP contribution in [0.2, 0.25) is 0 Å². The molecule has 17 heteroatoms. The molecule has 0 unspecified atom stereocenters. The molecular weight excluding hydrogens is 979 g/mol. The van der Waals surface area contributed by atoms with Crippen molar-refractivity contribution in [2.24, 2.45) is 29.6 Å². The third-order valence-corrected chi connectivity index (χ3v) is 15.9. The molecule has 1 aromatic rings. The van der Waals surface area contributed by atoms with Crippen molar-refractivity contribution < 1.29 is 48.1 Å². The van der Waals surface area contributed by atoms with Crippen LogP contribution in [0.3, 0.4) is 0 Å². The van der Waals surface area contributed by atoms with Crippen molar-refractivity contribution in [1.82, 2.24) is 35.6 Å². The molecule has 430 valence electrons. The molecule has 2 fully saturated rings. The van der Waals surface area contributed by atoms with E-state index in [9.17, 15) is 33.9 Å². The highest BCUT2D eigenvalue weighted by Crippen LogP contribution is 2.30. The molecule has 0 spiro atoms. The Morgan fingerprint density at radius 2 is 1.47 bits per heavy atom. The molecule has 77 heavy (non-hydrogen) atoms. The summed E-state index contributed by atoms with van der Waals surface area (Å²) in [7, 11) is 6.71. The second-order valence-corrected chi connectivity index (χ2v) is 22.2. The highest BCUT2D eigenvalue weighted by Gasteiger charge is 2.44. The average molecular weight is 1070 g/mol. The third kappa shape index (κ3) is 19.7. The Morgan fingerprint density at radius 3 is 2.10 bits per heavy atom. The van der Waals surface area contributed by atoms with Gasteiger partial charge in [-0.05, 0) is 93.5 Å². The molecule has 2 saturated heterocycles. The molecule has 4 N–H and O–H groups in total. The van der Waals surface area contributed by atoms with Gasteiger partial charge < -0.3 is 50.0 Å². The molecule has 2 aliphatic heterocycles. The lowest BCUT2D eigenvalue weighted by Gasteiger charge is -2.41. The van der Waals surface area contributed by atoms with Crippen LogP contribution < -0.4 is 16.0 Å². The number of methoxy groups -OCH3 is 2. The minimum absolute atomic E-state index is 0.0365. The number of hydrogen-bond acceptors (Lipinski definition) is 11. The Labute approximate surface area is 460 Å². The van der Waals surface area contributed by atoms with E-state index in [4.69, 9.17) is 14.2 Å². The van der Waals surface area contributed by atoms with Crippen LogP contribution in [0.5, 0.6) is 0 Å². The number of piperidine rings is 1. The van der Waals surface area contributed by atoms with E-state index in [2.05, 4.69) is 50.1 Å². The lowest BCUT2D eigenvalue weighted by molar-refractivity contribution is -0.148. The zero-order valence-corrected chi connectivity index (χ0v) is 48.3. The Kier molecular flexibility index (Phi) is 27.5. The number of rotatable bonds is 31. The second kappa shape index (κ2) is 33.0. The lowest BCUT2D eigenvalue weighted by atomic mass is 9.89. The minimum Gasteiger partial charge on any atom is -0.480 e. The number of hydrogen-bond donors (Lipinski definition) is 4. The Bertz CT molecular complexity index is 2140. The smallest absolute Gasteiger partial charge is 0.407 e. The Morgan fingerprint density at radius 1 is 0.792 bits per heavy atom. The van der Waals surface area contributed by atoms with Crippen molar-refractivity contribution in [2.45, 2.75) is 162 Å². The van der Waals surface area contributed by atoms with E-state index in [1.807, 2.05) is 97.1 Å². The van der Waals surface area contributed by atoms with Crippen LogP contribution in [0.25, 0.3) is 0 Å². The fraction of sp³-hybridized carbons (Fsp3) is 0.667. The first kappa shape index (κ1) is 64.0. The van der Waals surface area contributed by atoms with Crippen LogP contribution in [0, 0.1) is 29.6 Å². The Balaban J connectivity index is 1.27. The molecule has 0 aromatic heterocycles. The van der Waals surface area contributed by atoms with E-state index in [-0.39, 0.29) is 54.4 Å². The summed E-state index contributed by atoms with van der Waals surface area (Å²) in [5.74, 6) is -3.12. The number of likely N-dealkylation sites (N-methyl/N-ethyl adjacent to an activating group) is 2. The number of benzene rings is 1. The molecule has 5 amide bonds.